The number of carbonyl (C=O) groups is 4. The molecule has 4 aromatic rings. The first kappa shape index (κ1) is 45.6. The van der Waals surface area contributed by atoms with E-state index in [1.54, 1.807) is 42.6 Å². The number of esters is 1. The molecule has 1 aliphatic rings. The Hall–Kier alpha value is -6.11. The first-order valence-electron chi connectivity index (χ1n) is 18.3. The average Bonchev–Trinajstić information content (AvgIpc) is 3.62. The number of nitrogens with two attached hydrogens (primary N) is 1. The van der Waals surface area contributed by atoms with Gasteiger partial charge in [-0.3, -0.25) is 9.59 Å². The van der Waals surface area contributed by atoms with E-state index in [4.69, 9.17) is 29.8 Å². The predicted molar refractivity (Wildman–Crippen MR) is 210 cm³/mol. The molecule has 1 unspecified atom stereocenters. The Morgan fingerprint density at radius 1 is 0.983 bits per heavy atom. The summed E-state index contributed by atoms with van der Waals surface area (Å²) in [5.41, 5.74) is 7.17. The van der Waals surface area contributed by atoms with Gasteiger partial charge in [-0.25, -0.2) is 23.0 Å². The maximum atomic E-state index is 15.0. The molecule has 19 heteroatoms. The molecule has 0 spiro atoms. The molecule has 1 aromatic heterocycles. The SMILES string of the molecule is CCOc1cc(C(Nc2ccc3c(N)nccc3c2)C(=O)N2CC[C@H](C(=O)O)[C@@H]2c2cc(C(=O)OC)ccc2S(=O)(=O)C(C)C)ccc1OC(C)C.O=C(O)C(F)(F)F. The molecule has 0 aliphatic carbocycles. The van der Waals surface area contributed by atoms with E-state index in [2.05, 4.69) is 10.3 Å². The van der Waals surface area contributed by atoms with Gasteiger partial charge in [0.15, 0.2) is 21.3 Å². The zero-order valence-electron chi connectivity index (χ0n) is 32.9. The van der Waals surface area contributed by atoms with Crippen molar-refractivity contribution in [2.75, 3.05) is 31.3 Å². The number of carboxylic acids is 2. The first-order chi connectivity index (χ1) is 27.6. The van der Waals surface area contributed by atoms with E-state index in [1.807, 2.05) is 26.8 Å². The average molecular weight is 847 g/mol. The smallest absolute Gasteiger partial charge is 0.490 e. The van der Waals surface area contributed by atoms with E-state index >= 15 is 4.79 Å². The molecule has 1 saturated heterocycles. The first-order valence-corrected chi connectivity index (χ1v) is 19.8. The van der Waals surface area contributed by atoms with E-state index in [-0.39, 0.29) is 35.1 Å². The van der Waals surface area contributed by atoms with Crippen LogP contribution in [0.5, 0.6) is 11.5 Å². The van der Waals surface area contributed by atoms with Crippen LogP contribution in [0.1, 0.15) is 74.6 Å². The molecule has 1 fully saturated rings. The molecule has 3 atom stereocenters. The number of carboxylic acid groups (broad SMARTS) is 2. The number of hydrogen-bond donors (Lipinski definition) is 4. The van der Waals surface area contributed by atoms with Gasteiger partial charge in [-0.05, 0) is 112 Å². The Labute approximate surface area is 338 Å². The zero-order valence-corrected chi connectivity index (χ0v) is 33.8. The maximum absolute atomic E-state index is 15.0. The van der Waals surface area contributed by atoms with E-state index < -0.39 is 63.1 Å². The predicted octanol–water partition coefficient (Wildman–Crippen LogP) is 6.43. The molecule has 5 rings (SSSR count). The number of hydrogen-bond acceptors (Lipinski definition) is 12. The summed E-state index contributed by atoms with van der Waals surface area (Å²) >= 11 is 0. The van der Waals surface area contributed by atoms with Crippen LogP contribution in [0.4, 0.5) is 24.7 Å². The van der Waals surface area contributed by atoms with Crippen molar-refractivity contribution in [2.24, 2.45) is 5.92 Å². The molecule has 15 nitrogen and oxygen atoms in total. The lowest BCUT2D eigenvalue weighted by atomic mass is 9.92. The van der Waals surface area contributed by atoms with Crippen molar-refractivity contribution < 1.29 is 65.2 Å². The lowest BCUT2D eigenvalue weighted by Gasteiger charge is -2.33. The molecule has 1 aliphatic heterocycles. The summed E-state index contributed by atoms with van der Waals surface area (Å²) < 4.78 is 76.0. The van der Waals surface area contributed by atoms with Gasteiger partial charge in [0.05, 0.1) is 47.5 Å². The van der Waals surface area contributed by atoms with Crippen molar-refractivity contribution in [3.63, 3.8) is 0 Å². The summed E-state index contributed by atoms with van der Waals surface area (Å²) in [7, 11) is -2.82. The van der Waals surface area contributed by atoms with Crippen molar-refractivity contribution in [3.8, 4) is 11.5 Å². The summed E-state index contributed by atoms with van der Waals surface area (Å²) in [4.78, 5) is 54.8. The number of pyridine rings is 1. The van der Waals surface area contributed by atoms with Gasteiger partial charge in [0, 0.05) is 23.8 Å². The topological polar surface area (TPSA) is 225 Å². The van der Waals surface area contributed by atoms with Crippen LogP contribution >= 0.6 is 0 Å². The largest absolute Gasteiger partial charge is 0.490 e. The van der Waals surface area contributed by atoms with Crippen molar-refractivity contribution in [1.82, 2.24) is 9.88 Å². The van der Waals surface area contributed by atoms with Gasteiger partial charge in [-0.15, -0.1) is 0 Å². The maximum Gasteiger partial charge on any atom is 0.490 e. The number of aromatic nitrogens is 1. The second kappa shape index (κ2) is 18.6. The number of alkyl halides is 3. The van der Waals surface area contributed by atoms with Crippen LogP contribution in [0.3, 0.4) is 0 Å². The lowest BCUT2D eigenvalue weighted by Crippen LogP contribution is -2.40. The minimum Gasteiger partial charge on any atom is -0.490 e. The number of benzene rings is 3. The van der Waals surface area contributed by atoms with E-state index in [9.17, 15) is 36.3 Å². The Balaban J connectivity index is 0.00000101. The summed E-state index contributed by atoms with van der Waals surface area (Å²) in [5, 5.41) is 21.5. The number of amides is 1. The molecular formula is C40H45F3N4O11S. The highest BCUT2D eigenvalue weighted by atomic mass is 32.2. The van der Waals surface area contributed by atoms with Crippen molar-refractivity contribution >= 4 is 55.9 Å². The number of rotatable bonds is 13. The van der Waals surface area contributed by atoms with Gasteiger partial charge >= 0.3 is 24.1 Å². The number of nitrogens with one attached hydrogen (secondary N) is 1. The second-order valence-electron chi connectivity index (χ2n) is 13.9. The molecule has 0 bridgehead atoms. The fourth-order valence-electron chi connectivity index (χ4n) is 6.46. The van der Waals surface area contributed by atoms with Crippen LogP contribution < -0.4 is 20.5 Å². The standard InChI is InChI=1S/C38H44N4O9S.C2HF3O2/c1-7-50-31-20-24(8-12-30(31)51-21(2)3)33(41-26-10-11-27-23(18-26)14-16-40-35(27)39)36(43)42-17-15-28(37(44)45)34(42)29-19-25(38(46)49-6)9-13-32(29)52(47,48)22(4)5;3-2(4,5)1(6)7/h8-14,16,18-22,28,33-34,41H,7,15,17H2,1-6H3,(H2,39,40)(H,44,45);(H,6,7)/t28-,33?,34+;/m0./s1. The quantitative estimate of drug-likeness (QED) is 0.106. The highest BCUT2D eigenvalue weighted by molar-refractivity contribution is 7.92. The highest BCUT2D eigenvalue weighted by Crippen LogP contribution is 2.44. The number of anilines is 2. The number of carbonyl (C=O) groups excluding carboxylic acids is 2. The normalized spacial score (nSPS) is 15.9. The third-order valence-electron chi connectivity index (χ3n) is 9.23. The van der Waals surface area contributed by atoms with Gasteiger partial charge in [0.2, 0.25) is 5.91 Å². The number of likely N-dealkylation sites (tertiary alicyclic amines) is 1. The number of ether oxygens (including phenoxy) is 3. The van der Waals surface area contributed by atoms with Crippen molar-refractivity contribution in [1.29, 1.82) is 0 Å². The molecule has 0 saturated carbocycles. The molecule has 5 N–H and O–H groups in total. The van der Waals surface area contributed by atoms with Gasteiger partial charge in [-0.2, -0.15) is 13.2 Å². The van der Waals surface area contributed by atoms with Crippen LogP contribution in [0.15, 0.2) is 71.8 Å². The summed E-state index contributed by atoms with van der Waals surface area (Å²) in [6.07, 6.45) is -3.62. The summed E-state index contributed by atoms with van der Waals surface area (Å²) in [6.45, 7) is 8.93. The minimum absolute atomic E-state index is 0.00491. The van der Waals surface area contributed by atoms with Gasteiger partial charge in [-0.1, -0.05) is 6.07 Å². The lowest BCUT2D eigenvalue weighted by molar-refractivity contribution is -0.192. The molecule has 0 radical (unpaired) electrons. The Bertz CT molecular complexity index is 2320. The van der Waals surface area contributed by atoms with Crippen LogP contribution in [-0.4, -0.2) is 90.1 Å². The number of methoxy groups -OCH3 is 1. The monoisotopic (exact) mass is 846 g/mol. The number of halogens is 3. The van der Waals surface area contributed by atoms with Gasteiger partial charge < -0.3 is 40.4 Å². The Kier molecular flexibility index (Phi) is 14.4. The second-order valence-corrected chi connectivity index (χ2v) is 16.3. The van der Waals surface area contributed by atoms with E-state index in [0.717, 1.165) is 10.8 Å². The minimum atomic E-state index is -5.08. The Morgan fingerprint density at radius 2 is 1.66 bits per heavy atom. The third-order valence-corrected chi connectivity index (χ3v) is 11.5. The number of sulfone groups is 1. The Morgan fingerprint density at radius 3 is 2.24 bits per heavy atom. The molecule has 3 aromatic carbocycles. The molecular weight excluding hydrogens is 802 g/mol. The molecule has 318 valence electrons. The fourth-order valence-corrected chi connectivity index (χ4v) is 7.73. The number of fused-ring (bicyclic) bond motifs is 1. The molecule has 59 heavy (non-hydrogen) atoms. The van der Waals surface area contributed by atoms with Gasteiger partial charge in [0.25, 0.3) is 0 Å². The van der Waals surface area contributed by atoms with Crippen LogP contribution in [0.2, 0.25) is 0 Å². The number of aliphatic carboxylic acids is 2. The highest BCUT2D eigenvalue weighted by Gasteiger charge is 2.46. The molecule has 1 amide bonds. The van der Waals surface area contributed by atoms with Gasteiger partial charge in [0.1, 0.15) is 11.9 Å². The fraction of sp³-hybridized carbons (Fsp3) is 0.375. The third kappa shape index (κ3) is 10.5. The van der Waals surface area contributed by atoms with E-state index in [0.29, 0.717) is 35.2 Å². The zero-order chi connectivity index (χ0) is 44.0. The number of nitrogen functional groups attached to an aromatic ring is 1. The summed E-state index contributed by atoms with van der Waals surface area (Å²) in [5.74, 6) is -5.19. The van der Waals surface area contributed by atoms with Crippen molar-refractivity contribution in [2.45, 2.75) is 75.5 Å². The number of nitrogens with zero attached hydrogens (tertiary/aromatic N) is 2. The summed E-state index contributed by atoms with van der Waals surface area (Å²) in [6, 6.07) is 13.9. The van der Waals surface area contributed by atoms with Crippen LogP contribution in [0.25, 0.3) is 10.8 Å². The van der Waals surface area contributed by atoms with E-state index in [1.165, 1.54) is 44.1 Å². The van der Waals surface area contributed by atoms with Crippen molar-refractivity contribution in [3.05, 3.63) is 83.6 Å². The molecule has 2 heterocycles. The van der Waals surface area contributed by atoms with Crippen LogP contribution in [0, 0.1) is 5.92 Å². The van der Waals surface area contributed by atoms with Crippen LogP contribution in [-0.2, 0) is 29.0 Å².